The van der Waals surface area contributed by atoms with E-state index in [4.69, 9.17) is 16.0 Å². The summed E-state index contributed by atoms with van der Waals surface area (Å²) < 4.78 is 43.8. The van der Waals surface area contributed by atoms with Crippen LogP contribution in [0.4, 0.5) is 11.9 Å². The molecule has 268 valence electrons. The zero-order chi connectivity index (χ0) is 35.7. The number of hydrogen-bond donors (Lipinski definition) is 12. The minimum atomic E-state index is -3.81. The van der Waals surface area contributed by atoms with Gasteiger partial charge in [0.15, 0.2) is 17.5 Å². The number of nitrogen functional groups attached to an aromatic ring is 1. The van der Waals surface area contributed by atoms with E-state index in [0.717, 1.165) is 6.92 Å². The first-order valence-electron chi connectivity index (χ1n) is 15.3. The van der Waals surface area contributed by atoms with E-state index < -0.39 is 113 Å². The van der Waals surface area contributed by atoms with E-state index in [1.165, 1.54) is 13.8 Å². The number of nitrogens with two attached hydrogens (primary N) is 1. The molecule has 1 aromatic rings. The van der Waals surface area contributed by atoms with E-state index in [0.29, 0.717) is 19.3 Å². The maximum absolute atomic E-state index is 13.1. The lowest BCUT2D eigenvalue weighted by molar-refractivity contribution is -0.239. The normalized spacial score (nSPS) is 25.0. The Morgan fingerprint density at radius 2 is 1.61 bits per heavy atom. The van der Waals surface area contributed by atoms with Gasteiger partial charge in [-0.25, -0.2) is 8.42 Å². The number of anilines is 2. The fourth-order valence-electron chi connectivity index (χ4n) is 4.93. The molecule has 8 unspecified atom stereocenters. The second-order valence-electron chi connectivity index (χ2n) is 11.9. The fourth-order valence-corrected chi connectivity index (χ4v) is 6.65. The number of ether oxygens (including phenoxy) is 2. The molecule has 0 aliphatic heterocycles. The highest BCUT2D eigenvalue weighted by Crippen LogP contribution is 2.28. The van der Waals surface area contributed by atoms with Gasteiger partial charge in [-0.15, -0.1) is 0 Å². The molecule has 46 heavy (non-hydrogen) atoms. The molecule has 1 saturated carbocycles. The molecule has 12 atom stereocenters. The minimum Gasteiger partial charge on any atom is -0.431 e. The summed E-state index contributed by atoms with van der Waals surface area (Å²) in [6.45, 7) is 2.31. The third-order valence-corrected chi connectivity index (χ3v) is 10.3. The van der Waals surface area contributed by atoms with Crippen molar-refractivity contribution in [2.24, 2.45) is 11.8 Å². The molecule has 13 N–H and O–H groups in total. The van der Waals surface area contributed by atoms with Gasteiger partial charge in [0.1, 0.15) is 23.9 Å². The molecule has 1 aliphatic rings. The van der Waals surface area contributed by atoms with Crippen LogP contribution < -0.4 is 15.8 Å². The SMILES string of the molecule is [2H]Nc1nc(NC2CCCC(S(=O)(=O)CCOC(O)[C@H](O)C(C)(O)[C@@H](O)C(C)CO)C2)nc(OC(O)C(O)[C@H](O)[C@H](O)C(C)CO)n1. The van der Waals surface area contributed by atoms with Crippen LogP contribution in [-0.2, 0) is 14.6 Å². The van der Waals surface area contributed by atoms with Crippen LogP contribution >= 0.6 is 0 Å². The third-order valence-electron chi connectivity index (χ3n) is 8.12. The molecule has 1 fully saturated rings. The van der Waals surface area contributed by atoms with Gasteiger partial charge in [-0.2, -0.15) is 15.0 Å². The molecule has 0 amide bonds. The van der Waals surface area contributed by atoms with Gasteiger partial charge in [0.2, 0.25) is 18.2 Å². The second-order valence-corrected chi connectivity index (χ2v) is 14.3. The Hall–Kier alpha value is -2.08. The molecule has 1 aliphatic carbocycles. The van der Waals surface area contributed by atoms with Gasteiger partial charge in [0.25, 0.3) is 0 Å². The molecule has 2 rings (SSSR count). The van der Waals surface area contributed by atoms with E-state index in [1.54, 1.807) is 0 Å². The van der Waals surface area contributed by atoms with E-state index in [-0.39, 0.29) is 18.3 Å². The van der Waals surface area contributed by atoms with Crippen molar-refractivity contribution in [3.05, 3.63) is 0 Å². The van der Waals surface area contributed by atoms with Crippen molar-refractivity contribution in [3.63, 3.8) is 0 Å². The van der Waals surface area contributed by atoms with Crippen LogP contribution in [0.1, 0.15) is 46.5 Å². The predicted molar refractivity (Wildman–Crippen MR) is 159 cm³/mol. The smallest absolute Gasteiger partial charge is 0.325 e. The van der Waals surface area contributed by atoms with Crippen LogP contribution in [0.5, 0.6) is 6.01 Å². The monoisotopic (exact) mass is 688 g/mol. The van der Waals surface area contributed by atoms with Crippen LogP contribution in [0, 0.1) is 11.8 Å². The van der Waals surface area contributed by atoms with Crippen LogP contribution in [0.3, 0.4) is 0 Å². The third kappa shape index (κ3) is 10.7. The predicted octanol–water partition coefficient (Wildman–Crippen LogP) is -4.56. The van der Waals surface area contributed by atoms with Crippen LogP contribution in [0.15, 0.2) is 0 Å². The fraction of sp³-hybridized carbons (Fsp3) is 0.885. The summed E-state index contributed by atoms with van der Waals surface area (Å²) in [7, 11) is -3.81. The number of aliphatic hydroxyl groups is 10. The summed E-state index contributed by atoms with van der Waals surface area (Å²) in [5, 5.41) is 102. The standard InChI is InChI=1S/C26H49N5O14S/c1-12(10-32)16(34)17(35)18(36)21(39)45-25-30-23(27)29-24(31-25)28-14-5-4-6-15(9-14)46(42,43)8-7-44-22(40)20(38)26(3,41)19(37)13(2)11-33/h12-22,32-41H,4-11H2,1-3H3,(H3,27,28,29,30,31)/t12?,13?,14?,15?,16-,17-,18?,19+,20+,21?,22?,26?/m1/s1/i/hD. The highest BCUT2D eigenvalue weighted by molar-refractivity contribution is 7.92. The summed E-state index contributed by atoms with van der Waals surface area (Å²) in [5.41, 5.74) is -0.353. The minimum absolute atomic E-state index is 0.0907. The van der Waals surface area contributed by atoms with Gasteiger partial charge in [-0.1, -0.05) is 20.3 Å². The van der Waals surface area contributed by atoms with E-state index in [1.807, 2.05) is 5.73 Å². The van der Waals surface area contributed by atoms with Crippen molar-refractivity contribution in [1.82, 2.24) is 15.0 Å². The first-order chi connectivity index (χ1) is 21.9. The van der Waals surface area contributed by atoms with Gasteiger partial charge >= 0.3 is 6.01 Å². The lowest BCUT2D eigenvalue weighted by Gasteiger charge is -2.38. The average molecular weight is 689 g/mol. The van der Waals surface area contributed by atoms with Gasteiger partial charge in [-0.05, 0) is 26.2 Å². The molecule has 1 heterocycles. The Balaban J connectivity index is 2.02. The van der Waals surface area contributed by atoms with Crippen molar-refractivity contribution in [3.8, 4) is 6.01 Å². The van der Waals surface area contributed by atoms with Gasteiger partial charge in [-0.3, -0.25) is 0 Å². The van der Waals surface area contributed by atoms with Crippen LogP contribution in [0.2, 0.25) is 1.41 Å². The molecule has 1 aromatic heterocycles. The van der Waals surface area contributed by atoms with E-state index >= 15 is 0 Å². The van der Waals surface area contributed by atoms with Crippen molar-refractivity contribution in [2.75, 3.05) is 36.6 Å². The molecule has 0 bridgehead atoms. The highest BCUT2D eigenvalue weighted by Gasteiger charge is 2.44. The molecule has 19 nitrogen and oxygen atoms in total. The van der Waals surface area contributed by atoms with Gasteiger partial charge in [0.05, 0.1) is 29.8 Å². The van der Waals surface area contributed by atoms with Crippen molar-refractivity contribution in [2.45, 2.75) is 106 Å². The summed E-state index contributed by atoms with van der Waals surface area (Å²) >= 11 is 0. The Labute approximate surface area is 268 Å². The molecule has 0 radical (unpaired) electrons. The van der Waals surface area contributed by atoms with E-state index in [2.05, 4.69) is 20.3 Å². The average Bonchev–Trinajstić information content (AvgIpc) is 3.05. The maximum atomic E-state index is 13.1. The van der Waals surface area contributed by atoms with Crippen molar-refractivity contribution >= 4 is 21.7 Å². The second kappa shape index (κ2) is 17.4. The van der Waals surface area contributed by atoms with Gasteiger partial charge in [0, 0.05) is 31.1 Å². The molecular formula is C26H49N5O14S. The largest absolute Gasteiger partial charge is 0.431 e. The van der Waals surface area contributed by atoms with Crippen LogP contribution in [0.25, 0.3) is 0 Å². The zero-order valence-electron chi connectivity index (χ0n) is 26.9. The first-order valence-corrected chi connectivity index (χ1v) is 16.5. The summed E-state index contributed by atoms with van der Waals surface area (Å²) in [5.74, 6) is -2.73. The van der Waals surface area contributed by atoms with E-state index in [9.17, 15) is 54.4 Å². The number of aromatic nitrogens is 3. The van der Waals surface area contributed by atoms with Crippen molar-refractivity contribution < 1.29 is 70.4 Å². The molecule has 0 saturated heterocycles. The Morgan fingerprint density at radius 1 is 0.957 bits per heavy atom. The van der Waals surface area contributed by atoms with Crippen molar-refractivity contribution in [1.29, 1.82) is 0 Å². The maximum Gasteiger partial charge on any atom is 0.325 e. The number of aliphatic hydroxyl groups excluding tert-OH is 9. The molecule has 0 spiro atoms. The summed E-state index contributed by atoms with van der Waals surface area (Å²) in [4.78, 5) is 11.7. The number of sulfone groups is 1. The topological polar surface area (TPSA) is 332 Å². The lowest BCUT2D eigenvalue weighted by atomic mass is 9.85. The summed E-state index contributed by atoms with van der Waals surface area (Å²) in [6, 6.07) is -1.08. The Morgan fingerprint density at radius 3 is 2.22 bits per heavy atom. The number of nitrogens with zero attached hydrogens (tertiary/aromatic N) is 3. The summed E-state index contributed by atoms with van der Waals surface area (Å²) in [6.07, 6.45) is -12.0. The van der Waals surface area contributed by atoms with Gasteiger partial charge < -0.3 is 71.6 Å². The Kier molecular flexibility index (Phi) is 14.5. The quantitative estimate of drug-likeness (QED) is 0.0574. The number of hydrogen-bond acceptors (Lipinski definition) is 19. The highest BCUT2D eigenvalue weighted by atomic mass is 32.2. The number of rotatable bonds is 20. The van der Waals surface area contributed by atoms with Crippen LogP contribution in [-0.4, -0.2) is 160 Å². The first kappa shape index (κ1) is 38.4. The lowest BCUT2D eigenvalue weighted by Crippen LogP contribution is -2.57. The number of nitrogens with one attached hydrogen (secondary N) is 1. The molecule has 0 aromatic carbocycles. The Bertz CT molecular complexity index is 1210. The molecule has 20 heteroatoms. The molecular weight excluding hydrogens is 638 g/mol. The zero-order valence-corrected chi connectivity index (χ0v) is 26.7.